The van der Waals surface area contributed by atoms with E-state index in [0.29, 0.717) is 17.9 Å². The van der Waals surface area contributed by atoms with Gasteiger partial charge in [0.1, 0.15) is 0 Å². The van der Waals surface area contributed by atoms with Gasteiger partial charge in [-0.25, -0.2) is 0 Å². The van der Waals surface area contributed by atoms with Crippen LogP contribution in [0.3, 0.4) is 0 Å². The normalized spacial score (nSPS) is 17.4. The predicted octanol–water partition coefficient (Wildman–Crippen LogP) is 3.62. The van der Waals surface area contributed by atoms with Gasteiger partial charge < -0.3 is 15.4 Å². The molecule has 1 fully saturated rings. The monoisotopic (exact) mass is 437 g/mol. The molecule has 31 heavy (non-hydrogen) atoms. The highest BCUT2D eigenvalue weighted by Crippen LogP contribution is 2.21. The first-order valence-electron chi connectivity index (χ1n) is 10.6. The molecule has 0 bridgehead atoms. The lowest BCUT2D eigenvalue weighted by Gasteiger charge is -2.32. The summed E-state index contributed by atoms with van der Waals surface area (Å²) < 4.78 is 5.41. The molecular weight excluding hydrogens is 410 g/mol. The van der Waals surface area contributed by atoms with E-state index in [9.17, 15) is 9.59 Å². The minimum Gasteiger partial charge on any atom is -0.487 e. The van der Waals surface area contributed by atoms with Crippen molar-refractivity contribution in [2.45, 2.75) is 25.4 Å². The van der Waals surface area contributed by atoms with Crippen molar-refractivity contribution in [2.75, 3.05) is 30.8 Å². The highest BCUT2D eigenvalue weighted by atomic mass is 32.2. The Morgan fingerprint density at radius 3 is 2.48 bits per heavy atom. The Morgan fingerprint density at radius 2 is 1.74 bits per heavy atom. The largest absolute Gasteiger partial charge is 0.487 e. The summed E-state index contributed by atoms with van der Waals surface area (Å²) in [5.74, 6) is 0.629. The van der Waals surface area contributed by atoms with Crippen LogP contribution in [0.15, 0.2) is 65.8 Å². The van der Waals surface area contributed by atoms with Gasteiger partial charge in [-0.1, -0.05) is 42.5 Å². The highest BCUT2D eigenvalue weighted by molar-refractivity contribution is 8.02. The Hall–Kier alpha value is -2.77. The molecule has 2 N–H and O–H groups in total. The maximum atomic E-state index is 12.9. The third-order valence-corrected chi connectivity index (χ3v) is 6.25. The second-order valence-corrected chi connectivity index (χ2v) is 8.69. The fourth-order valence-electron chi connectivity index (χ4n) is 3.80. The zero-order valence-corrected chi connectivity index (χ0v) is 18.2. The van der Waals surface area contributed by atoms with Crippen molar-refractivity contribution in [3.05, 3.63) is 76.9 Å². The average molecular weight is 438 g/mol. The Balaban J connectivity index is 1.32. The first-order chi connectivity index (χ1) is 15.2. The SMILES string of the molecule is O=C(Nc1ccccc1C(=O)NC1CCN(Cc2ccccc2)CC1)C1=CSCCO1. The molecule has 162 valence electrons. The molecule has 0 aromatic heterocycles. The van der Waals surface area contributed by atoms with Gasteiger partial charge in [-0.3, -0.25) is 14.5 Å². The number of hydrogen-bond donors (Lipinski definition) is 2. The van der Waals surface area contributed by atoms with E-state index in [4.69, 9.17) is 4.74 Å². The number of carbonyl (C=O) groups excluding carboxylic acids is 2. The van der Waals surface area contributed by atoms with Crippen molar-refractivity contribution in [1.82, 2.24) is 10.2 Å². The van der Waals surface area contributed by atoms with Crippen LogP contribution in [0.4, 0.5) is 5.69 Å². The topological polar surface area (TPSA) is 70.7 Å². The van der Waals surface area contributed by atoms with E-state index in [1.54, 1.807) is 41.4 Å². The Labute approximate surface area is 187 Å². The smallest absolute Gasteiger partial charge is 0.291 e. The van der Waals surface area contributed by atoms with E-state index in [2.05, 4.69) is 39.8 Å². The van der Waals surface area contributed by atoms with Gasteiger partial charge in [-0.2, -0.15) is 0 Å². The standard InChI is InChI=1S/C24H27N3O3S/c28-23(25-19-10-12-27(13-11-19)16-18-6-2-1-3-7-18)20-8-4-5-9-21(20)26-24(29)22-17-31-15-14-30-22/h1-9,17,19H,10-16H2,(H,25,28)(H,26,29). The quantitative estimate of drug-likeness (QED) is 0.722. The molecule has 2 heterocycles. The summed E-state index contributed by atoms with van der Waals surface area (Å²) in [5, 5.41) is 7.68. The third kappa shape index (κ3) is 5.89. The molecule has 2 aromatic carbocycles. The van der Waals surface area contributed by atoms with Gasteiger partial charge in [0.15, 0.2) is 5.76 Å². The molecule has 2 aliphatic rings. The number of nitrogens with one attached hydrogen (secondary N) is 2. The van der Waals surface area contributed by atoms with Crippen LogP contribution >= 0.6 is 11.8 Å². The van der Waals surface area contributed by atoms with Gasteiger partial charge in [0.05, 0.1) is 17.9 Å². The van der Waals surface area contributed by atoms with Crippen LogP contribution in [0, 0.1) is 0 Å². The van der Waals surface area contributed by atoms with E-state index in [0.717, 1.165) is 38.2 Å². The fraction of sp³-hybridized carbons (Fsp3) is 0.333. The number of nitrogens with zero attached hydrogens (tertiary/aromatic N) is 1. The molecule has 2 amide bonds. The van der Waals surface area contributed by atoms with Gasteiger partial charge in [0.25, 0.3) is 11.8 Å². The molecule has 0 saturated carbocycles. The van der Waals surface area contributed by atoms with Crippen LogP contribution in [-0.4, -0.2) is 48.2 Å². The number of carbonyl (C=O) groups is 2. The maximum absolute atomic E-state index is 12.9. The molecule has 0 spiro atoms. The predicted molar refractivity (Wildman–Crippen MR) is 124 cm³/mol. The van der Waals surface area contributed by atoms with Crippen molar-refractivity contribution in [2.24, 2.45) is 0 Å². The average Bonchev–Trinajstić information content (AvgIpc) is 2.82. The van der Waals surface area contributed by atoms with E-state index < -0.39 is 0 Å². The van der Waals surface area contributed by atoms with Gasteiger partial charge in [0, 0.05) is 36.8 Å². The molecule has 6 nitrogen and oxygen atoms in total. The number of para-hydroxylation sites is 1. The molecule has 1 saturated heterocycles. The summed E-state index contributed by atoms with van der Waals surface area (Å²) in [4.78, 5) is 27.8. The van der Waals surface area contributed by atoms with E-state index in [1.807, 2.05) is 6.07 Å². The molecular formula is C24H27N3O3S. The molecule has 0 radical (unpaired) electrons. The van der Waals surface area contributed by atoms with Crippen LogP contribution < -0.4 is 10.6 Å². The minimum absolute atomic E-state index is 0.129. The van der Waals surface area contributed by atoms with Crippen LogP contribution in [0.25, 0.3) is 0 Å². The zero-order chi connectivity index (χ0) is 21.5. The van der Waals surface area contributed by atoms with Gasteiger partial charge >= 0.3 is 0 Å². The van der Waals surface area contributed by atoms with Gasteiger partial charge in [-0.15, -0.1) is 11.8 Å². The zero-order valence-electron chi connectivity index (χ0n) is 17.4. The molecule has 2 aromatic rings. The molecule has 0 atom stereocenters. The van der Waals surface area contributed by atoms with Crippen LogP contribution in [0.2, 0.25) is 0 Å². The summed E-state index contributed by atoms with van der Waals surface area (Å²) in [6.45, 7) is 3.34. The second kappa shape index (κ2) is 10.5. The Bertz CT molecular complexity index is 940. The molecule has 2 aliphatic heterocycles. The number of rotatable bonds is 6. The summed E-state index contributed by atoms with van der Waals surface area (Å²) in [5.41, 5.74) is 2.27. The number of ether oxygens (including phenoxy) is 1. The minimum atomic E-state index is -0.332. The third-order valence-electron chi connectivity index (χ3n) is 5.46. The van der Waals surface area contributed by atoms with Gasteiger partial charge in [-0.05, 0) is 30.5 Å². The number of likely N-dealkylation sites (tertiary alicyclic amines) is 1. The Kier molecular flexibility index (Phi) is 7.27. The molecule has 7 heteroatoms. The first kappa shape index (κ1) is 21.5. The lowest BCUT2D eigenvalue weighted by atomic mass is 10.0. The van der Waals surface area contributed by atoms with Crippen molar-refractivity contribution in [3.8, 4) is 0 Å². The lowest BCUT2D eigenvalue weighted by Crippen LogP contribution is -2.44. The first-order valence-corrected chi connectivity index (χ1v) is 11.7. The number of hydrogen-bond acceptors (Lipinski definition) is 5. The van der Waals surface area contributed by atoms with E-state index in [-0.39, 0.29) is 23.6 Å². The number of piperidine rings is 1. The maximum Gasteiger partial charge on any atom is 0.291 e. The summed E-state index contributed by atoms with van der Waals surface area (Å²) in [6, 6.07) is 17.7. The van der Waals surface area contributed by atoms with Crippen molar-refractivity contribution >= 4 is 29.3 Å². The fourth-order valence-corrected chi connectivity index (χ4v) is 4.43. The Morgan fingerprint density at radius 1 is 1.00 bits per heavy atom. The number of benzene rings is 2. The molecule has 0 unspecified atom stereocenters. The van der Waals surface area contributed by atoms with Crippen LogP contribution in [0.5, 0.6) is 0 Å². The van der Waals surface area contributed by atoms with Crippen molar-refractivity contribution in [1.29, 1.82) is 0 Å². The summed E-state index contributed by atoms with van der Waals surface area (Å²) >= 11 is 1.55. The van der Waals surface area contributed by atoms with Gasteiger partial charge in [0.2, 0.25) is 0 Å². The number of amides is 2. The van der Waals surface area contributed by atoms with E-state index in [1.165, 1.54) is 5.56 Å². The lowest BCUT2D eigenvalue weighted by molar-refractivity contribution is -0.116. The molecule has 0 aliphatic carbocycles. The second-order valence-electron chi connectivity index (χ2n) is 7.71. The van der Waals surface area contributed by atoms with E-state index >= 15 is 0 Å². The number of thioether (sulfide) groups is 1. The highest BCUT2D eigenvalue weighted by Gasteiger charge is 2.23. The summed E-state index contributed by atoms with van der Waals surface area (Å²) in [7, 11) is 0. The van der Waals surface area contributed by atoms with Crippen molar-refractivity contribution in [3.63, 3.8) is 0 Å². The number of anilines is 1. The molecule has 4 rings (SSSR count). The van der Waals surface area contributed by atoms with Crippen LogP contribution in [-0.2, 0) is 16.1 Å². The summed E-state index contributed by atoms with van der Waals surface area (Å²) in [6.07, 6.45) is 1.82. The van der Waals surface area contributed by atoms with Crippen LogP contribution in [0.1, 0.15) is 28.8 Å². The van der Waals surface area contributed by atoms with Crippen molar-refractivity contribution < 1.29 is 14.3 Å².